The topological polar surface area (TPSA) is 119 Å². The summed E-state index contributed by atoms with van der Waals surface area (Å²) in [5.74, 6) is 0.426. The van der Waals surface area contributed by atoms with Crippen LogP contribution in [-0.4, -0.2) is 44.9 Å². The summed E-state index contributed by atoms with van der Waals surface area (Å²) in [6.07, 6.45) is 4.30. The van der Waals surface area contributed by atoms with Crippen LogP contribution in [0.5, 0.6) is 11.5 Å². The summed E-state index contributed by atoms with van der Waals surface area (Å²) in [4.78, 5) is 11.0. The highest BCUT2D eigenvalue weighted by Crippen LogP contribution is 2.35. The number of aromatic nitrogens is 4. The van der Waals surface area contributed by atoms with Crippen LogP contribution in [0, 0.1) is 5.82 Å². The number of phenols is 1. The van der Waals surface area contributed by atoms with Crippen molar-refractivity contribution >= 4 is 6.29 Å². The molecular weight excluding hydrogens is 527 g/mol. The summed E-state index contributed by atoms with van der Waals surface area (Å²) >= 11 is 0. The van der Waals surface area contributed by atoms with Crippen LogP contribution in [0.2, 0.25) is 0 Å². The average Bonchev–Trinajstić information content (AvgIpc) is 3.54. The Labute approximate surface area is 237 Å². The highest BCUT2D eigenvalue weighted by molar-refractivity contribution is 5.60. The molecule has 41 heavy (non-hydrogen) atoms. The van der Waals surface area contributed by atoms with Crippen LogP contribution in [0.1, 0.15) is 66.5 Å². The predicted octanol–water partition coefficient (Wildman–Crippen LogP) is 5.62. The van der Waals surface area contributed by atoms with Crippen LogP contribution >= 0.6 is 0 Å². The van der Waals surface area contributed by atoms with Gasteiger partial charge in [0.1, 0.15) is 36.3 Å². The zero-order chi connectivity index (χ0) is 28.6. The van der Waals surface area contributed by atoms with Crippen molar-refractivity contribution in [3.05, 3.63) is 88.2 Å². The maximum absolute atomic E-state index is 14.7. The van der Waals surface area contributed by atoms with Gasteiger partial charge < -0.3 is 24.1 Å². The van der Waals surface area contributed by atoms with Gasteiger partial charge in [-0.15, -0.1) is 10.2 Å². The second-order valence-corrected chi connectivity index (χ2v) is 9.99. The first-order valence-electron chi connectivity index (χ1n) is 13.9. The summed E-state index contributed by atoms with van der Waals surface area (Å²) in [6, 6.07) is 16.1. The molecule has 3 aromatic carbocycles. The van der Waals surface area contributed by atoms with Crippen LogP contribution in [0.15, 0.2) is 54.6 Å². The van der Waals surface area contributed by atoms with Crippen LogP contribution in [0.25, 0.3) is 11.4 Å². The fourth-order valence-electron chi connectivity index (χ4n) is 4.97. The summed E-state index contributed by atoms with van der Waals surface area (Å²) in [5, 5.41) is 24.5. The number of H-pyrrole nitrogens is 1. The van der Waals surface area contributed by atoms with E-state index in [1.165, 1.54) is 6.07 Å². The van der Waals surface area contributed by atoms with E-state index in [0.29, 0.717) is 36.5 Å². The summed E-state index contributed by atoms with van der Waals surface area (Å²) in [6.45, 7) is 2.95. The third-order valence-electron chi connectivity index (χ3n) is 7.11. The van der Waals surface area contributed by atoms with Crippen molar-refractivity contribution in [1.82, 2.24) is 20.6 Å². The van der Waals surface area contributed by atoms with Crippen molar-refractivity contribution in [2.45, 2.75) is 64.4 Å². The monoisotopic (exact) mass is 560 g/mol. The number of nitrogens with zero attached hydrogens (tertiary/aromatic N) is 3. The van der Waals surface area contributed by atoms with E-state index in [1.807, 2.05) is 37.3 Å². The molecule has 2 heterocycles. The molecule has 2 atom stereocenters. The molecule has 10 heteroatoms. The minimum absolute atomic E-state index is 0.121. The number of aromatic hydroxyl groups is 1. The summed E-state index contributed by atoms with van der Waals surface area (Å²) < 4.78 is 33.1. The Morgan fingerprint density at radius 3 is 2.68 bits per heavy atom. The molecule has 0 spiro atoms. The first-order chi connectivity index (χ1) is 20.1. The second-order valence-electron chi connectivity index (χ2n) is 9.99. The number of aldehydes is 1. The standard InChI is InChI=1S/C31H33FN4O5/c1-2-5-24-27(14-12-21(15-16-37)29(24)38)40-19-20-7-9-22(10-8-20)30(41-28-6-3-4-17-39-28)23-11-13-26(32)25(18-23)31-33-35-36-34-31/h7-14,16,18,28,30,38H,2-6,15,17,19H2,1H3,(H,33,34,35,36). The molecule has 1 aliphatic rings. The number of rotatable bonds is 12. The van der Waals surface area contributed by atoms with Crippen LogP contribution < -0.4 is 4.74 Å². The molecule has 5 rings (SSSR count). The maximum atomic E-state index is 14.7. The number of nitrogens with one attached hydrogen (secondary N) is 1. The van der Waals surface area contributed by atoms with E-state index in [4.69, 9.17) is 14.2 Å². The Morgan fingerprint density at radius 1 is 1.15 bits per heavy atom. The number of tetrazole rings is 1. The molecule has 1 aromatic heterocycles. The van der Waals surface area contributed by atoms with Crippen molar-refractivity contribution in [3.63, 3.8) is 0 Å². The number of aromatic amines is 1. The zero-order valence-electron chi connectivity index (χ0n) is 22.9. The van der Waals surface area contributed by atoms with E-state index in [1.54, 1.807) is 18.2 Å². The fourth-order valence-corrected chi connectivity index (χ4v) is 4.97. The molecule has 4 aromatic rings. The van der Waals surface area contributed by atoms with Gasteiger partial charge in [-0.3, -0.25) is 0 Å². The molecule has 2 N–H and O–H groups in total. The fraction of sp³-hybridized carbons (Fsp3) is 0.355. The van der Waals surface area contributed by atoms with Crippen molar-refractivity contribution in [1.29, 1.82) is 0 Å². The lowest BCUT2D eigenvalue weighted by Gasteiger charge is -2.28. The van der Waals surface area contributed by atoms with Gasteiger partial charge in [0, 0.05) is 24.2 Å². The summed E-state index contributed by atoms with van der Waals surface area (Å²) in [7, 11) is 0. The molecule has 1 fully saturated rings. The third kappa shape index (κ3) is 6.78. The van der Waals surface area contributed by atoms with Gasteiger partial charge in [-0.25, -0.2) is 4.39 Å². The van der Waals surface area contributed by atoms with E-state index in [2.05, 4.69) is 20.6 Å². The van der Waals surface area contributed by atoms with Crippen LogP contribution in [0.3, 0.4) is 0 Å². The number of benzene rings is 3. The Kier molecular flexibility index (Phi) is 9.33. The number of phenolic OH excluding ortho intramolecular Hbond substituents is 1. The molecule has 9 nitrogen and oxygen atoms in total. The largest absolute Gasteiger partial charge is 0.507 e. The van der Waals surface area contributed by atoms with E-state index < -0.39 is 11.9 Å². The van der Waals surface area contributed by atoms with Gasteiger partial charge >= 0.3 is 0 Å². The second kappa shape index (κ2) is 13.5. The van der Waals surface area contributed by atoms with Crippen LogP contribution in [0.4, 0.5) is 4.39 Å². The SMILES string of the molecule is CCCc1c(OCc2ccc(C(OC3CCCCO3)c3ccc(F)c(-c4nn[nH]n4)c3)cc2)ccc(CC=O)c1O. The Balaban J connectivity index is 1.38. The first-order valence-corrected chi connectivity index (χ1v) is 13.9. The van der Waals surface area contributed by atoms with E-state index in [9.17, 15) is 14.3 Å². The Morgan fingerprint density at radius 2 is 1.98 bits per heavy atom. The van der Waals surface area contributed by atoms with Crippen molar-refractivity contribution in [2.75, 3.05) is 6.61 Å². The molecule has 0 amide bonds. The Bertz CT molecular complexity index is 1440. The number of carbonyl (C=O) groups excluding carboxylic acids is 1. The van der Waals surface area contributed by atoms with Gasteiger partial charge in [0.15, 0.2) is 6.29 Å². The minimum atomic E-state index is -0.516. The number of hydrogen-bond donors (Lipinski definition) is 2. The van der Waals surface area contributed by atoms with E-state index in [-0.39, 0.29) is 29.8 Å². The number of carbonyl (C=O) groups is 1. The van der Waals surface area contributed by atoms with Crippen molar-refractivity contribution in [3.8, 4) is 22.9 Å². The summed E-state index contributed by atoms with van der Waals surface area (Å²) in [5.41, 5.74) is 4.06. The van der Waals surface area contributed by atoms with Crippen LogP contribution in [-0.2, 0) is 33.7 Å². The lowest BCUT2D eigenvalue weighted by Crippen LogP contribution is -2.25. The molecular formula is C31H33FN4O5. The van der Waals surface area contributed by atoms with E-state index in [0.717, 1.165) is 48.7 Å². The minimum Gasteiger partial charge on any atom is -0.507 e. The molecule has 1 aliphatic heterocycles. The highest BCUT2D eigenvalue weighted by Gasteiger charge is 2.24. The normalized spacial score (nSPS) is 15.9. The van der Waals surface area contributed by atoms with Crippen molar-refractivity contribution < 1.29 is 28.5 Å². The quantitative estimate of drug-likeness (QED) is 0.214. The van der Waals surface area contributed by atoms with Gasteiger partial charge in [-0.05, 0) is 65.8 Å². The molecule has 2 unspecified atom stereocenters. The Hall–Kier alpha value is -4.15. The molecule has 0 aliphatic carbocycles. The lowest BCUT2D eigenvalue weighted by atomic mass is 9.98. The third-order valence-corrected chi connectivity index (χ3v) is 7.11. The van der Waals surface area contributed by atoms with Gasteiger partial charge in [0.25, 0.3) is 0 Å². The number of halogens is 1. The molecule has 214 valence electrons. The predicted molar refractivity (Wildman–Crippen MR) is 149 cm³/mol. The first kappa shape index (κ1) is 28.4. The van der Waals surface area contributed by atoms with Gasteiger partial charge in [-0.1, -0.05) is 49.7 Å². The van der Waals surface area contributed by atoms with E-state index >= 15 is 0 Å². The molecule has 0 bridgehead atoms. The molecule has 1 saturated heterocycles. The molecule has 0 saturated carbocycles. The number of hydrogen-bond acceptors (Lipinski definition) is 8. The molecule has 0 radical (unpaired) electrons. The lowest BCUT2D eigenvalue weighted by molar-refractivity contribution is -0.181. The zero-order valence-corrected chi connectivity index (χ0v) is 22.9. The average molecular weight is 561 g/mol. The van der Waals surface area contributed by atoms with Crippen molar-refractivity contribution in [2.24, 2.45) is 0 Å². The maximum Gasteiger partial charge on any atom is 0.207 e. The smallest absolute Gasteiger partial charge is 0.207 e. The highest BCUT2D eigenvalue weighted by atomic mass is 19.1. The van der Waals surface area contributed by atoms with Gasteiger partial charge in [-0.2, -0.15) is 5.21 Å². The van der Waals surface area contributed by atoms with Gasteiger partial charge in [0.2, 0.25) is 5.82 Å². The van der Waals surface area contributed by atoms with Gasteiger partial charge in [0.05, 0.1) is 5.56 Å². The number of ether oxygens (including phenoxy) is 3.